The molecular weight excluding hydrogens is 210 g/mol. The molecule has 0 fully saturated rings. The van der Waals surface area contributed by atoms with Crippen molar-refractivity contribution in [1.29, 1.82) is 0 Å². The zero-order valence-corrected chi connectivity index (χ0v) is 10.1. The lowest BCUT2D eigenvalue weighted by Crippen LogP contribution is -2.05. The van der Waals surface area contributed by atoms with Crippen LogP contribution in [0.2, 0.25) is 0 Å². The molecule has 0 aromatic heterocycles. The van der Waals surface area contributed by atoms with Crippen LogP contribution in [0.1, 0.15) is 28.4 Å². The van der Waals surface area contributed by atoms with Crippen LogP contribution in [0.25, 0.3) is 0 Å². The van der Waals surface area contributed by atoms with E-state index >= 15 is 0 Å². The summed E-state index contributed by atoms with van der Waals surface area (Å²) >= 11 is 0. The fourth-order valence-electron chi connectivity index (χ4n) is 2.05. The molecule has 0 saturated carbocycles. The van der Waals surface area contributed by atoms with Gasteiger partial charge in [0.1, 0.15) is 6.10 Å². The summed E-state index contributed by atoms with van der Waals surface area (Å²) in [6, 6.07) is 13.5. The minimum Gasteiger partial charge on any atom is -0.398 e. The third-order valence-electron chi connectivity index (χ3n) is 2.97. The Balaban J connectivity index is 2.48. The van der Waals surface area contributed by atoms with Gasteiger partial charge in [-0.25, -0.2) is 0 Å². The summed E-state index contributed by atoms with van der Waals surface area (Å²) < 4.78 is 0. The largest absolute Gasteiger partial charge is 0.398 e. The molecule has 0 aliphatic carbocycles. The predicted octanol–water partition coefficient (Wildman–Crippen LogP) is 2.97. The Morgan fingerprint density at radius 3 is 2.35 bits per heavy atom. The van der Waals surface area contributed by atoms with Crippen molar-refractivity contribution in [2.75, 3.05) is 5.73 Å². The van der Waals surface area contributed by atoms with Crippen LogP contribution in [0, 0.1) is 13.8 Å². The molecule has 3 N–H and O–H groups in total. The van der Waals surface area contributed by atoms with E-state index in [0.29, 0.717) is 5.69 Å². The Morgan fingerprint density at radius 2 is 1.71 bits per heavy atom. The van der Waals surface area contributed by atoms with Gasteiger partial charge < -0.3 is 10.8 Å². The molecule has 0 amide bonds. The molecule has 0 bridgehead atoms. The molecule has 2 aromatic rings. The quantitative estimate of drug-likeness (QED) is 0.775. The highest BCUT2D eigenvalue weighted by Crippen LogP contribution is 2.29. The number of benzene rings is 2. The Bertz CT molecular complexity index is 520. The van der Waals surface area contributed by atoms with Crippen LogP contribution >= 0.6 is 0 Å². The molecule has 17 heavy (non-hydrogen) atoms. The van der Waals surface area contributed by atoms with Crippen LogP contribution in [0.5, 0.6) is 0 Å². The Morgan fingerprint density at radius 1 is 1.06 bits per heavy atom. The van der Waals surface area contributed by atoms with Gasteiger partial charge in [-0.2, -0.15) is 0 Å². The average molecular weight is 227 g/mol. The third-order valence-corrected chi connectivity index (χ3v) is 2.97. The van der Waals surface area contributed by atoms with E-state index in [0.717, 1.165) is 22.3 Å². The van der Waals surface area contributed by atoms with E-state index < -0.39 is 6.10 Å². The van der Waals surface area contributed by atoms with Crippen molar-refractivity contribution in [1.82, 2.24) is 0 Å². The van der Waals surface area contributed by atoms with E-state index in [1.54, 1.807) is 0 Å². The summed E-state index contributed by atoms with van der Waals surface area (Å²) in [6.07, 6.45) is -0.658. The maximum Gasteiger partial charge on any atom is 0.106 e. The second-order valence-corrected chi connectivity index (χ2v) is 4.40. The number of aryl methyl sites for hydroxylation is 2. The molecule has 0 spiro atoms. The van der Waals surface area contributed by atoms with Gasteiger partial charge in [0.25, 0.3) is 0 Å². The lowest BCUT2D eigenvalue weighted by atomic mass is 9.96. The van der Waals surface area contributed by atoms with Gasteiger partial charge in [-0.1, -0.05) is 48.0 Å². The van der Waals surface area contributed by atoms with E-state index in [4.69, 9.17) is 5.73 Å². The van der Waals surface area contributed by atoms with E-state index in [1.807, 2.05) is 56.3 Å². The maximum atomic E-state index is 10.3. The average Bonchev–Trinajstić information content (AvgIpc) is 2.34. The third kappa shape index (κ3) is 2.32. The highest BCUT2D eigenvalue weighted by molar-refractivity contribution is 5.57. The van der Waals surface area contributed by atoms with Gasteiger partial charge >= 0.3 is 0 Å². The van der Waals surface area contributed by atoms with Gasteiger partial charge in [0.15, 0.2) is 0 Å². The first kappa shape index (κ1) is 11.7. The molecular formula is C15H17NO. The van der Waals surface area contributed by atoms with E-state index in [2.05, 4.69) is 0 Å². The van der Waals surface area contributed by atoms with Gasteiger partial charge in [-0.3, -0.25) is 0 Å². The lowest BCUT2D eigenvalue weighted by molar-refractivity contribution is 0.221. The molecule has 88 valence electrons. The van der Waals surface area contributed by atoms with Crippen LogP contribution in [0.4, 0.5) is 5.69 Å². The molecule has 2 heteroatoms. The number of nitrogens with two attached hydrogens (primary N) is 1. The molecule has 0 aliphatic heterocycles. The summed E-state index contributed by atoms with van der Waals surface area (Å²) in [6.45, 7) is 3.97. The van der Waals surface area contributed by atoms with Crippen LogP contribution in [0.15, 0.2) is 42.5 Å². The van der Waals surface area contributed by atoms with Crippen molar-refractivity contribution < 1.29 is 5.11 Å². The number of anilines is 1. The molecule has 1 atom stereocenters. The highest BCUT2D eigenvalue weighted by Gasteiger charge is 2.14. The van der Waals surface area contributed by atoms with E-state index in [9.17, 15) is 5.11 Å². The van der Waals surface area contributed by atoms with Crippen molar-refractivity contribution in [3.63, 3.8) is 0 Å². The van der Waals surface area contributed by atoms with Gasteiger partial charge in [0.05, 0.1) is 0 Å². The van der Waals surface area contributed by atoms with Crippen molar-refractivity contribution in [2.45, 2.75) is 20.0 Å². The molecule has 0 saturated heterocycles. The van der Waals surface area contributed by atoms with E-state index in [1.165, 1.54) is 0 Å². The first-order valence-electron chi connectivity index (χ1n) is 5.69. The normalized spacial score (nSPS) is 12.4. The topological polar surface area (TPSA) is 46.2 Å². The molecule has 1 unspecified atom stereocenters. The summed E-state index contributed by atoms with van der Waals surface area (Å²) in [5, 5.41) is 10.3. The van der Waals surface area contributed by atoms with Crippen LogP contribution in [-0.2, 0) is 0 Å². The molecule has 0 radical (unpaired) electrons. The van der Waals surface area contributed by atoms with Gasteiger partial charge in [-0.15, -0.1) is 0 Å². The summed E-state index contributed by atoms with van der Waals surface area (Å²) in [5.74, 6) is 0. The Kier molecular flexibility index (Phi) is 3.16. The first-order valence-corrected chi connectivity index (χ1v) is 5.69. The second kappa shape index (κ2) is 4.60. The summed E-state index contributed by atoms with van der Waals surface area (Å²) in [4.78, 5) is 0. The van der Waals surface area contributed by atoms with Gasteiger partial charge in [-0.05, 0) is 25.0 Å². The van der Waals surface area contributed by atoms with Crippen LogP contribution < -0.4 is 5.73 Å². The minimum atomic E-state index is -0.658. The van der Waals surface area contributed by atoms with Crippen molar-refractivity contribution >= 4 is 5.69 Å². The zero-order valence-electron chi connectivity index (χ0n) is 10.1. The Labute approximate surface area is 102 Å². The maximum absolute atomic E-state index is 10.3. The van der Waals surface area contributed by atoms with E-state index in [-0.39, 0.29) is 0 Å². The lowest BCUT2D eigenvalue weighted by Gasteiger charge is -2.16. The molecule has 2 nitrogen and oxygen atoms in total. The number of rotatable bonds is 2. The summed E-state index contributed by atoms with van der Waals surface area (Å²) in [7, 11) is 0. The minimum absolute atomic E-state index is 0.658. The Hall–Kier alpha value is -1.80. The molecule has 0 aliphatic rings. The zero-order chi connectivity index (χ0) is 12.4. The number of hydrogen-bond acceptors (Lipinski definition) is 2. The fraction of sp³-hybridized carbons (Fsp3) is 0.200. The smallest absolute Gasteiger partial charge is 0.106 e. The SMILES string of the molecule is Cc1cc(C)c(N)c(C(O)c2ccccc2)c1. The molecule has 0 heterocycles. The fourth-order valence-corrected chi connectivity index (χ4v) is 2.05. The highest BCUT2D eigenvalue weighted by atomic mass is 16.3. The molecule has 2 aromatic carbocycles. The second-order valence-electron chi connectivity index (χ2n) is 4.40. The van der Waals surface area contributed by atoms with Crippen molar-refractivity contribution in [3.05, 3.63) is 64.7 Å². The first-order chi connectivity index (χ1) is 8.09. The number of hydrogen-bond donors (Lipinski definition) is 2. The monoisotopic (exact) mass is 227 g/mol. The van der Waals surface area contributed by atoms with Gasteiger partial charge in [0, 0.05) is 11.3 Å². The van der Waals surface area contributed by atoms with Gasteiger partial charge in [0.2, 0.25) is 0 Å². The van der Waals surface area contributed by atoms with Crippen LogP contribution in [0.3, 0.4) is 0 Å². The standard InChI is InChI=1S/C15H17NO/c1-10-8-11(2)14(16)13(9-10)15(17)12-6-4-3-5-7-12/h3-9,15,17H,16H2,1-2H3. The van der Waals surface area contributed by atoms with Crippen LogP contribution in [-0.4, -0.2) is 5.11 Å². The number of nitrogen functional groups attached to an aromatic ring is 1. The predicted molar refractivity (Wildman–Crippen MR) is 70.8 cm³/mol. The van der Waals surface area contributed by atoms with Crippen molar-refractivity contribution in [3.8, 4) is 0 Å². The number of aliphatic hydroxyl groups is 1. The number of aliphatic hydroxyl groups excluding tert-OH is 1. The molecule has 2 rings (SSSR count). The summed E-state index contributed by atoms with van der Waals surface area (Å²) in [5.41, 5.74) is 10.5. The van der Waals surface area contributed by atoms with Crippen molar-refractivity contribution in [2.24, 2.45) is 0 Å².